The number of carbonyl (C=O) groups excluding carboxylic acids is 2. The van der Waals surface area contributed by atoms with Crippen molar-refractivity contribution in [2.45, 2.75) is 78.1 Å². The molecule has 1 unspecified atom stereocenters. The van der Waals surface area contributed by atoms with Gasteiger partial charge in [-0.3, -0.25) is 9.59 Å². The number of esters is 1. The monoisotopic (exact) mass is 376 g/mol. The number of Topliss-reactive ketones (excluding diaryl/α,β-unsaturated/α-hetero) is 1. The molecule has 4 fully saturated rings. The molecule has 0 saturated heterocycles. The van der Waals surface area contributed by atoms with Crippen molar-refractivity contribution in [1.82, 2.24) is 0 Å². The fraction of sp³-hybridized carbons (Fsp3) is 0.818. The lowest BCUT2D eigenvalue weighted by Crippen LogP contribution is -2.70. The van der Waals surface area contributed by atoms with Crippen LogP contribution in [0.1, 0.15) is 59.8 Å². The third kappa shape index (κ3) is 2.19. The third-order valence-corrected chi connectivity index (χ3v) is 8.69. The molecule has 27 heavy (non-hydrogen) atoms. The Kier molecular flexibility index (Phi) is 4.01. The maximum absolute atomic E-state index is 13.4. The Hall–Kier alpha value is -1.20. The molecule has 0 heterocycles. The van der Waals surface area contributed by atoms with Gasteiger partial charge in [0.15, 0.2) is 5.78 Å². The number of ether oxygens (including phenoxy) is 1. The van der Waals surface area contributed by atoms with Gasteiger partial charge in [0.1, 0.15) is 6.10 Å². The summed E-state index contributed by atoms with van der Waals surface area (Å²) in [4.78, 5) is 25.3. The first-order valence-corrected chi connectivity index (χ1v) is 10.2. The van der Waals surface area contributed by atoms with Gasteiger partial charge < -0.3 is 14.9 Å². The second kappa shape index (κ2) is 5.66. The van der Waals surface area contributed by atoms with E-state index >= 15 is 0 Å². The molecule has 4 rings (SSSR count). The predicted octanol–water partition coefficient (Wildman–Crippen LogP) is 2.64. The normalized spacial score (nSPS) is 50.7. The summed E-state index contributed by atoms with van der Waals surface area (Å²) in [6.07, 6.45) is 1.55. The highest BCUT2D eigenvalue weighted by Crippen LogP contribution is 2.71. The highest BCUT2D eigenvalue weighted by Gasteiger charge is 2.76. The van der Waals surface area contributed by atoms with Crippen LogP contribution < -0.4 is 0 Å². The van der Waals surface area contributed by atoms with E-state index in [9.17, 15) is 19.8 Å². The molecule has 2 bridgehead atoms. The van der Waals surface area contributed by atoms with E-state index in [1.165, 1.54) is 6.92 Å². The van der Waals surface area contributed by atoms with Crippen molar-refractivity contribution >= 4 is 11.8 Å². The average Bonchev–Trinajstić information content (AvgIpc) is 2.67. The molecule has 1 spiro atoms. The summed E-state index contributed by atoms with van der Waals surface area (Å²) in [5.41, 5.74) is -1.17. The van der Waals surface area contributed by atoms with Crippen LogP contribution in [0.4, 0.5) is 0 Å². The van der Waals surface area contributed by atoms with E-state index in [2.05, 4.69) is 27.4 Å². The van der Waals surface area contributed by atoms with Crippen molar-refractivity contribution in [3.63, 3.8) is 0 Å². The summed E-state index contributed by atoms with van der Waals surface area (Å²) in [5.74, 6) is -1.22. The lowest BCUT2D eigenvalue weighted by Gasteiger charge is -2.66. The van der Waals surface area contributed by atoms with E-state index in [4.69, 9.17) is 4.74 Å². The largest absolute Gasteiger partial charge is 0.462 e. The second-order valence-corrected chi connectivity index (χ2v) is 10.4. The van der Waals surface area contributed by atoms with E-state index in [0.29, 0.717) is 18.4 Å². The van der Waals surface area contributed by atoms with Crippen LogP contribution in [0.2, 0.25) is 0 Å². The molecule has 8 atom stereocenters. The fourth-order valence-corrected chi connectivity index (χ4v) is 7.79. The van der Waals surface area contributed by atoms with Crippen LogP contribution in [0, 0.1) is 34.0 Å². The van der Waals surface area contributed by atoms with Crippen molar-refractivity contribution in [1.29, 1.82) is 0 Å². The topological polar surface area (TPSA) is 83.8 Å². The molecular weight excluding hydrogens is 344 g/mol. The summed E-state index contributed by atoms with van der Waals surface area (Å²) in [6.45, 7) is 12.0. The average molecular weight is 376 g/mol. The van der Waals surface area contributed by atoms with Crippen LogP contribution in [0.25, 0.3) is 0 Å². The Bertz CT molecular complexity index is 711. The SMILES string of the molecule is C=C1C(=O)[C@@]23C([C@@H](OC(C)=O)C[C@@H]1[C@H]2O)[C@]1(C)CCCC(C)(C)[C@H]1C[C@H]3O. The van der Waals surface area contributed by atoms with Crippen LogP contribution in [0.5, 0.6) is 0 Å². The summed E-state index contributed by atoms with van der Waals surface area (Å²) in [5, 5.41) is 22.5. The summed E-state index contributed by atoms with van der Waals surface area (Å²) in [7, 11) is 0. The Morgan fingerprint density at radius 1 is 1.19 bits per heavy atom. The molecule has 0 radical (unpaired) electrons. The molecule has 4 aliphatic rings. The zero-order chi connectivity index (χ0) is 19.9. The fourth-order valence-electron chi connectivity index (χ4n) is 7.79. The number of ketones is 1. The number of hydrogen-bond acceptors (Lipinski definition) is 5. The maximum atomic E-state index is 13.4. The Labute approximate surface area is 161 Å². The number of rotatable bonds is 1. The Balaban J connectivity index is 1.92. The molecule has 2 N–H and O–H groups in total. The van der Waals surface area contributed by atoms with Gasteiger partial charge in [-0.2, -0.15) is 0 Å². The molecule has 4 aliphatic carbocycles. The van der Waals surface area contributed by atoms with Crippen molar-refractivity contribution in [2.75, 3.05) is 0 Å². The molecule has 0 aliphatic heterocycles. The molecule has 0 aromatic rings. The first-order chi connectivity index (χ1) is 12.5. The quantitative estimate of drug-likeness (QED) is 0.543. The standard InChI is InChI=1S/C22H32O5/c1-11-13-9-14(27-12(2)23)17-21(5)8-6-7-20(3,4)15(21)10-16(24)22(17,18(11)25)19(13)26/h13-17,19,24,26H,1,6-10H2,2-5H3/t13-,14-,15+,16+,17?,19+,21+,22+/m0/s1. The molecule has 0 aromatic heterocycles. The van der Waals surface area contributed by atoms with Gasteiger partial charge in [-0.05, 0) is 48.0 Å². The maximum Gasteiger partial charge on any atom is 0.302 e. The third-order valence-electron chi connectivity index (χ3n) is 8.69. The molecule has 0 aromatic carbocycles. The lowest BCUT2D eigenvalue weighted by molar-refractivity contribution is -0.254. The highest BCUT2D eigenvalue weighted by molar-refractivity contribution is 6.04. The zero-order valence-electron chi connectivity index (χ0n) is 16.8. The van der Waals surface area contributed by atoms with Gasteiger partial charge in [-0.15, -0.1) is 0 Å². The van der Waals surface area contributed by atoms with E-state index in [1.54, 1.807) is 0 Å². The highest BCUT2D eigenvalue weighted by atomic mass is 16.5. The van der Waals surface area contributed by atoms with Crippen LogP contribution in [-0.4, -0.2) is 40.3 Å². The second-order valence-electron chi connectivity index (χ2n) is 10.4. The minimum atomic E-state index is -1.29. The zero-order valence-corrected chi connectivity index (χ0v) is 16.8. The van der Waals surface area contributed by atoms with E-state index in [1.807, 2.05) is 0 Å². The van der Waals surface area contributed by atoms with E-state index < -0.39 is 29.6 Å². The molecule has 4 saturated carbocycles. The van der Waals surface area contributed by atoms with Gasteiger partial charge in [0, 0.05) is 18.8 Å². The van der Waals surface area contributed by atoms with E-state index in [0.717, 1.165) is 19.3 Å². The van der Waals surface area contributed by atoms with Crippen molar-refractivity contribution in [2.24, 2.45) is 34.0 Å². The number of carbonyl (C=O) groups is 2. The minimum absolute atomic E-state index is 0.0246. The number of hydrogen-bond donors (Lipinski definition) is 2. The molecule has 150 valence electrons. The van der Waals surface area contributed by atoms with Crippen molar-refractivity contribution < 1.29 is 24.5 Å². The number of aliphatic hydroxyl groups excluding tert-OH is 2. The summed E-state index contributed by atoms with van der Waals surface area (Å²) in [6, 6.07) is 0. The Morgan fingerprint density at radius 3 is 2.48 bits per heavy atom. The van der Waals surface area contributed by atoms with Gasteiger partial charge in [-0.25, -0.2) is 0 Å². The summed E-state index contributed by atoms with van der Waals surface area (Å²) >= 11 is 0. The predicted molar refractivity (Wildman–Crippen MR) is 99.6 cm³/mol. The van der Waals surface area contributed by atoms with Crippen LogP contribution in [-0.2, 0) is 14.3 Å². The number of fused-ring (bicyclic) bond motifs is 3. The van der Waals surface area contributed by atoms with Gasteiger partial charge in [0.05, 0.1) is 17.6 Å². The first-order valence-electron chi connectivity index (χ1n) is 10.2. The molecular formula is C22H32O5. The van der Waals surface area contributed by atoms with Gasteiger partial charge in [0.25, 0.3) is 0 Å². The minimum Gasteiger partial charge on any atom is -0.462 e. The van der Waals surface area contributed by atoms with Gasteiger partial charge in [-0.1, -0.05) is 33.8 Å². The smallest absolute Gasteiger partial charge is 0.302 e. The van der Waals surface area contributed by atoms with E-state index in [-0.39, 0.29) is 34.4 Å². The first kappa shape index (κ1) is 19.1. The molecule has 5 nitrogen and oxygen atoms in total. The van der Waals surface area contributed by atoms with Crippen LogP contribution >= 0.6 is 0 Å². The molecule has 0 amide bonds. The van der Waals surface area contributed by atoms with Gasteiger partial charge >= 0.3 is 5.97 Å². The number of aliphatic hydroxyl groups is 2. The van der Waals surface area contributed by atoms with Crippen LogP contribution in [0.15, 0.2) is 12.2 Å². The van der Waals surface area contributed by atoms with Crippen molar-refractivity contribution in [3.8, 4) is 0 Å². The summed E-state index contributed by atoms with van der Waals surface area (Å²) < 4.78 is 5.76. The lowest BCUT2D eigenvalue weighted by atomic mass is 9.39. The van der Waals surface area contributed by atoms with Crippen LogP contribution in [0.3, 0.4) is 0 Å². The van der Waals surface area contributed by atoms with Gasteiger partial charge in [0.2, 0.25) is 0 Å². The molecule has 5 heteroatoms. The Morgan fingerprint density at radius 2 is 1.85 bits per heavy atom. The van der Waals surface area contributed by atoms with Crippen molar-refractivity contribution in [3.05, 3.63) is 12.2 Å².